The summed E-state index contributed by atoms with van der Waals surface area (Å²) in [7, 11) is 0. The van der Waals surface area contributed by atoms with Crippen LogP contribution in [0, 0.1) is 11.3 Å². The number of carbonyl (C=O) groups is 1. The lowest BCUT2D eigenvalue weighted by Gasteiger charge is -2.50. The second-order valence-corrected chi connectivity index (χ2v) is 10.6. The lowest BCUT2D eigenvalue weighted by atomic mass is 9.95. The van der Waals surface area contributed by atoms with Crippen LogP contribution in [0.2, 0.25) is 0 Å². The van der Waals surface area contributed by atoms with Crippen LogP contribution < -0.4 is 5.32 Å². The van der Waals surface area contributed by atoms with Gasteiger partial charge in [0.2, 0.25) is 5.91 Å². The number of nitrogens with one attached hydrogen (secondary N) is 1. The molecule has 0 radical (unpaired) electrons. The monoisotopic (exact) mass is 584 g/mol. The van der Waals surface area contributed by atoms with Crippen LogP contribution in [0.15, 0.2) is 0 Å². The van der Waals surface area contributed by atoms with E-state index in [4.69, 9.17) is 28.9 Å². The van der Waals surface area contributed by atoms with Crippen molar-refractivity contribution in [2.24, 2.45) is 0 Å². The highest BCUT2D eigenvalue weighted by Gasteiger charge is 2.54. The van der Waals surface area contributed by atoms with E-state index in [0.717, 1.165) is 11.8 Å². The van der Waals surface area contributed by atoms with Gasteiger partial charge in [-0.1, -0.05) is 0 Å². The summed E-state index contributed by atoms with van der Waals surface area (Å²) < 4.78 is 28.8. The van der Waals surface area contributed by atoms with E-state index in [1.54, 1.807) is 0 Å². The Labute approximate surface area is 228 Å². The van der Waals surface area contributed by atoms with E-state index in [1.807, 2.05) is 6.07 Å². The van der Waals surface area contributed by atoms with Gasteiger partial charge in [-0.3, -0.25) is 4.79 Å². The number of aliphatic hydroxyl groups is 8. The predicted molar refractivity (Wildman–Crippen MR) is 127 cm³/mol. The minimum Gasteiger partial charge on any atom is -0.394 e. The SMILES string of the molecule is CC(=O)NC1C(O[C@@H]2O[C@@H](CO)[C@H](O)C(O)C2O)[C@H](O[C@@H]2OC(C)[C@@H](O)[C@H](O)C2O)[C@H](CO)O[C@H]1SCC#N. The minimum atomic E-state index is -1.84. The Balaban J connectivity index is 1.98. The second-order valence-electron chi connectivity index (χ2n) is 9.50. The first kappa shape index (κ1) is 32.3. The molecule has 3 fully saturated rings. The highest BCUT2D eigenvalue weighted by atomic mass is 32.2. The van der Waals surface area contributed by atoms with Crippen LogP contribution in [0.3, 0.4) is 0 Å². The summed E-state index contributed by atoms with van der Waals surface area (Å²) in [5.41, 5.74) is -1.01. The number of hydrogen-bond acceptors (Lipinski definition) is 16. The van der Waals surface area contributed by atoms with Crippen LogP contribution in [-0.4, -0.2) is 157 Å². The first-order valence-electron chi connectivity index (χ1n) is 12.3. The average molecular weight is 585 g/mol. The number of nitrogens with zero attached hydrogens (tertiary/aromatic N) is 1. The molecule has 0 aromatic heterocycles. The van der Waals surface area contributed by atoms with Crippen LogP contribution in [0.5, 0.6) is 0 Å². The van der Waals surface area contributed by atoms with E-state index in [9.17, 15) is 45.6 Å². The van der Waals surface area contributed by atoms with E-state index in [1.165, 1.54) is 13.8 Å². The quantitative estimate of drug-likeness (QED) is 0.123. The highest BCUT2D eigenvalue weighted by Crippen LogP contribution is 2.36. The molecule has 0 bridgehead atoms. The fraction of sp³-hybridized carbons (Fsp3) is 0.909. The molecule has 0 aromatic rings. The Morgan fingerprint density at radius 2 is 1.41 bits per heavy atom. The molecule has 0 aromatic carbocycles. The minimum absolute atomic E-state index is 0.0940. The standard InChI is InChI=1S/C22H36N2O14S/c1-7-12(28)14(30)16(32)20(34-7)37-18-10(6-26)36-22(39-4-3-23)11(24-8(2)27)19(18)38-21-17(33)15(31)13(29)9(5-25)35-21/h7,9-22,25-26,28-33H,4-6H2,1-2H3,(H,24,27)/t7?,9-,10-,11?,12+,13-,14-,15?,16?,17?,18+,19?,20-,21-,22-/m0/s1. The molecular formula is C22H36N2O14S. The smallest absolute Gasteiger partial charge is 0.217 e. The van der Waals surface area contributed by atoms with Crippen molar-refractivity contribution >= 4 is 17.7 Å². The van der Waals surface area contributed by atoms with Gasteiger partial charge in [-0.15, -0.1) is 11.8 Å². The number of ether oxygens (including phenoxy) is 5. The van der Waals surface area contributed by atoms with Crippen molar-refractivity contribution < 1.29 is 69.3 Å². The van der Waals surface area contributed by atoms with Crippen LogP contribution in [0.1, 0.15) is 13.8 Å². The van der Waals surface area contributed by atoms with E-state index in [0.29, 0.717) is 0 Å². The number of rotatable bonds is 9. The fourth-order valence-corrected chi connectivity index (χ4v) is 5.53. The number of aliphatic hydroxyl groups excluding tert-OH is 8. The van der Waals surface area contributed by atoms with Gasteiger partial charge in [-0.05, 0) is 6.92 Å². The molecule has 6 unspecified atom stereocenters. The average Bonchev–Trinajstić information content (AvgIpc) is 2.91. The zero-order valence-electron chi connectivity index (χ0n) is 21.2. The van der Waals surface area contributed by atoms with Crippen molar-refractivity contribution in [2.75, 3.05) is 19.0 Å². The van der Waals surface area contributed by atoms with Gasteiger partial charge < -0.3 is 69.9 Å². The van der Waals surface area contributed by atoms with Crippen LogP contribution in [-0.2, 0) is 28.5 Å². The third-order valence-corrected chi connectivity index (χ3v) is 7.78. The molecule has 3 aliphatic rings. The molecule has 9 N–H and O–H groups in total. The van der Waals surface area contributed by atoms with E-state index in [2.05, 4.69) is 5.32 Å². The Kier molecular flexibility index (Phi) is 11.7. The lowest BCUT2D eigenvalue weighted by Crippen LogP contribution is -2.69. The number of thioether (sulfide) groups is 1. The summed E-state index contributed by atoms with van der Waals surface area (Å²) in [5, 5.41) is 93.1. The van der Waals surface area contributed by atoms with Crippen LogP contribution in [0.4, 0.5) is 0 Å². The van der Waals surface area contributed by atoms with E-state index < -0.39 is 110 Å². The Hall–Kier alpha value is -1.21. The van der Waals surface area contributed by atoms with Crippen molar-refractivity contribution in [3.63, 3.8) is 0 Å². The summed E-state index contributed by atoms with van der Waals surface area (Å²) in [5.74, 6) is -0.653. The van der Waals surface area contributed by atoms with Crippen LogP contribution >= 0.6 is 11.8 Å². The number of carbonyl (C=O) groups excluding carboxylic acids is 1. The zero-order chi connectivity index (χ0) is 29.0. The topological polar surface area (TPSA) is 261 Å². The van der Waals surface area contributed by atoms with Crippen molar-refractivity contribution in [3.05, 3.63) is 0 Å². The summed E-state index contributed by atoms with van der Waals surface area (Å²) in [6, 6.07) is 0.780. The highest BCUT2D eigenvalue weighted by molar-refractivity contribution is 8.00. The number of hydrogen-bond donors (Lipinski definition) is 9. The molecule has 17 heteroatoms. The predicted octanol–water partition coefficient (Wildman–Crippen LogP) is -5.14. The molecule has 224 valence electrons. The maximum absolute atomic E-state index is 12.1. The molecule has 39 heavy (non-hydrogen) atoms. The molecule has 3 rings (SSSR count). The maximum atomic E-state index is 12.1. The summed E-state index contributed by atoms with van der Waals surface area (Å²) in [4.78, 5) is 12.1. The molecule has 3 heterocycles. The zero-order valence-corrected chi connectivity index (χ0v) is 22.0. The molecule has 0 aliphatic carbocycles. The van der Waals surface area contributed by atoms with Gasteiger partial charge >= 0.3 is 0 Å². The van der Waals surface area contributed by atoms with Gasteiger partial charge in [-0.2, -0.15) is 5.26 Å². The van der Waals surface area contributed by atoms with Crippen LogP contribution in [0.25, 0.3) is 0 Å². The Morgan fingerprint density at radius 3 is 1.97 bits per heavy atom. The first-order valence-corrected chi connectivity index (χ1v) is 13.3. The Bertz CT molecular complexity index is 850. The third-order valence-electron chi connectivity index (χ3n) is 6.75. The summed E-state index contributed by atoms with van der Waals surface area (Å²) in [6.07, 6.45) is -19.8. The maximum Gasteiger partial charge on any atom is 0.217 e. The number of nitriles is 1. The molecule has 16 nitrogen and oxygen atoms in total. The number of amides is 1. The van der Waals surface area contributed by atoms with Gasteiger partial charge in [0.25, 0.3) is 0 Å². The van der Waals surface area contributed by atoms with E-state index in [-0.39, 0.29) is 5.75 Å². The largest absolute Gasteiger partial charge is 0.394 e. The van der Waals surface area contributed by atoms with Crippen molar-refractivity contribution in [1.82, 2.24) is 5.32 Å². The van der Waals surface area contributed by atoms with E-state index >= 15 is 0 Å². The molecule has 1 amide bonds. The second kappa shape index (κ2) is 14.1. The van der Waals surface area contributed by atoms with Gasteiger partial charge in [0.15, 0.2) is 12.6 Å². The molecule has 0 saturated carbocycles. The first-order chi connectivity index (χ1) is 18.4. The fourth-order valence-electron chi connectivity index (χ4n) is 4.64. The van der Waals surface area contributed by atoms with Crippen molar-refractivity contribution in [2.45, 2.75) is 105 Å². The molecular weight excluding hydrogens is 548 g/mol. The van der Waals surface area contributed by atoms with Gasteiger partial charge in [-0.25, -0.2) is 0 Å². The van der Waals surface area contributed by atoms with Gasteiger partial charge in [0.05, 0.1) is 37.2 Å². The van der Waals surface area contributed by atoms with Crippen molar-refractivity contribution in [3.8, 4) is 6.07 Å². The van der Waals surface area contributed by atoms with Gasteiger partial charge in [0, 0.05) is 6.92 Å². The lowest BCUT2D eigenvalue weighted by molar-refractivity contribution is -0.357. The molecule has 3 saturated heterocycles. The molecule has 3 aliphatic heterocycles. The summed E-state index contributed by atoms with van der Waals surface area (Å²) in [6.45, 7) is 1.18. The summed E-state index contributed by atoms with van der Waals surface area (Å²) >= 11 is 0.958. The normalized spacial score (nSPS) is 46.8. The Morgan fingerprint density at radius 1 is 0.846 bits per heavy atom. The third kappa shape index (κ3) is 7.17. The molecule has 15 atom stereocenters. The van der Waals surface area contributed by atoms with Crippen molar-refractivity contribution in [1.29, 1.82) is 5.26 Å². The van der Waals surface area contributed by atoms with Gasteiger partial charge in [0.1, 0.15) is 66.5 Å². The molecule has 0 spiro atoms.